The molecule has 29 heavy (non-hydrogen) atoms. The van der Waals surface area contributed by atoms with Gasteiger partial charge in [0.05, 0.1) is 13.7 Å². The maximum Gasteiger partial charge on any atom is 0.290 e. The number of aryl methyl sites for hydroxylation is 1. The zero-order valence-corrected chi connectivity index (χ0v) is 17.1. The van der Waals surface area contributed by atoms with Gasteiger partial charge in [0.25, 0.3) is 12.4 Å². The van der Waals surface area contributed by atoms with Gasteiger partial charge >= 0.3 is 0 Å². The Morgan fingerprint density at radius 2 is 2.03 bits per heavy atom. The first-order chi connectivity index (χ1) is 14.0. The number of carboxylic acid groups (broad SMARTS) is 1. The van der Waals surface area contributed by atoms with Crippen molar-refractivity contribution in [2.24, 2.45) is 5.92 Å². The van der Waals surface area contributed by atoms with Crippen molar-refractivity contribution in [2.45, 2.75) is 39.7 Å². The number of ether oxygens (including phenoxy) is 2. The summed E-state index contributed by atoms with van der Waals surface area (Å²) in [5.74, 6) is 3.44. The molecule has 3 rings (SSSR count). The van der Waals surface area contributed by atoms with E-state index in [1.54, 1.807) is 24.1 Å². The van der Waals surface area contributed by atoms with Crippen LogP contribution in [-0.2, 0) is 29.0 Å². The van der Waals surface area contributed by atoms with E-state index < -0.39 is 0 Å². The first-order valence-electron chi connectivity index (χ1n) is 9.57. The summed E-state index contributed by atoms with van der Waals surface area (Å²) in [5, 5.41) is 6.89. The monoisotopic (exact) mass is 404 g/mol. The van der Waals surface area contributed by atoms with Crippen molar-refractivity contribution < 1.29 is 28.6 Å². The summed E-state index contributed by atoms with van der Waals surface area (Å²) in [4.78, 5) is 27.2. The van der Waals surface area contributed by atoms with Crippen LogP contribution in [0.25, 0.3) is 0 Å². The van der Waals surface area contributed by atoms with Gasteiger partial charge in [0.1, 0.15) is 11.5 Å². The number of carbonyl (C=O) groups is 2. The molecule has 158 valence electrons. The second-order valence-corrected chi connectivity index (χ2v) is 7.02. The van der Waals surface area contributed by atoms with Crippen LogP contribution in [0.3, 0.4) is 0 Å². The molecule has 1 amide bonds. The number of oxazole rings is 1. The predicted molar refractivity (Wildman–Crippen MR) is 106 cm³/mol. The number of hydrogen-bond donors (Lipinski definition) is 1. The lowest BCUT2D eigenvalue weighted by Crippen LogP contribution is -2.38. The van der Waals surface area contributed by atoms with E-state index in [4.69, 9.17) is 23.8 Å². The minimum absolute atomic E-state index is 0.0201. The first kappa shape index (κ1) is 22.3. The van der Waals surface area contributed by atoms with E-state index in [0.717, 1.165) is 30.2 Å². The highest BCUT2D eigenvalue weighted by Gasteiger charge is 2.25. The number of carbonyl (C=O) groups excluding carboxylic acids is 1. The Labute approximate surface area is 170 Å². The number of amides is 1. The molecule has 1 aliphatic heterocycles. The van der Waals surface area contributed by atoms with Crippen LogP contribution in [0, 0.1) is 5.92 Å². The molecule has 0 spiro atoms. The summed E-state index contributed by atoms with van der Waals surface area (Å²) in [6, 6.07) is 7.31. The lowest BCUT2D eigenvalue weighted by molar-refractivity contribution is -0.134. The number of aromatic nitrogens is 1. The van der Waals surface area contributed by atoms with E-state index in [2.05, 4.69) is 18.8 Å². The predicted octanol–water partition coefficient (Wildman–Crippen LogP) is 2.94. The van der Waals surface area contributed by atoms with Gasteiger partial charge in [-0.1, -0.05) is 26.0 Å². The zero-order valence-electron chi connectivity index (χ0n) is 17.1. The number of hydrogen-bond acceptors (Lipinski definition) is 6. The summed E-state index contributed by atoms with van der Waals surface area (Å²) in [7, 11) is 1.58. The highest BCUT2D eigenvalue weighted by atomic mass is 16.5. The minimum Gasteiger partial charge on any atom is -0.493 e. The SMILES string of the molecule is COc1ccccc1OCC(=O)N1CCc2oc(CCC(C)C)nc2C1.O=CO. The topological polar surface area (TPSA) is 102 Å². The Bertz CT molecular complexity index is 802. The van der Waals surface area contributed by atoms with Gasteiger partial charge in [0.15, 0.2) is 24.0 Å². The van der Waals surface area contributed by atoms with Crippen LogP contribution < -0.4 is 9.47 Å². The number of benzene rings is 1. The highest BCUT2D eigenvalue weighted by Crippen LogP contribution is 2.26. The quantitative estimate of drug-likeness (QED) is 0.708. The summed E-state index contributed by atoms with van der Waals surface area (Å²) in [6.07, 6.45) is 2.59. The smallest absolute Gasteiger partial charge is 0.290 e. The van der Waals surface area contributed by atoms with Crippen molar-refractivity contribution in [3.63, 3.8) is 0 Å². The first-order valence-corrected chi connectivity index (χ1v) is 9.57. The fourth-order valence-electron chi connectivity index (χ4n) is 2.95. The molecule has 0 fully saturated rings. The van der Waals surface area contributed by atoms with Crippen molar-refractivity contribution in [1.82, 2.24) is 9.88 Å². The van der Waals surface area contributed by atoms with E-state index in [9.17, 15) is 4.79 Å². The lowest BCUT2D eigenvalue weighted by Gasteiger charge is -2.25. The lowest BCUT2D eigenvalue weighted by atomic mass is 10.1. The standard InChI is InChI=1S/C20H26N2O4.CH2O2/c1-14(2)8-9-19-21-15-12-22(11-10-16(15)26-19)20(23)13-25-18-7-5-4-6-17(18)24-3;2-1-3/h4-7,14H,8-13H2,1-3H3;1H,(H,2,3). The van der Waals surface area contributed by atoms with Gasteiger partial charge in [0.2, 0.25) is 0 Å². The van der Waals surface area contributed by atoms with Gasteiger partial charge in [-0.2, -0.15) is 0 Å². The van der Waals surface area contributed by atoms with Gasteiger partial charge in [-0.25, -0.2) is 4.98 Å². The largest absolute Gasteiger partial charge is 0.493 e. The van der Waals surface area contributed by atoms with E-state index in [1.807, 2.05) is 12.1 Å². The van der Waals surface area contributed by atoms with E-state index in [-0.39, 0.29) is 19.0 Å². The van der Waals surface area contributed by atoms with Gasteiger partial charge in [-0.3, -0.25) is 9.59 Å². The van der Waals surface area contributed by atoms with Crippen molar-refractivity contribution in [3.05, 3.63) is 41.6 Å². The van der Waals surface area contributed by atoms with Crippen LogP contribution in [-0.4, -0.2) is 47.6 Å². The van der Waals surface area contributed by atoms with E-state index in [0.29, 0.717) is 36.9 Å². The average molecular weight is 404 g/mol. The Morgan fingerprint density at radius 1 is 1.34 bits per heavy atom. The molecule has 0 aliphatic carbocycles. The molecule has 1 aromatic heterocycles. The van der Waals surface area contributed by atoms with Crippen molar-refractivity contribution >= 4 is 12.4 Å². The summed E-state index contributed by atoms with van der Waals surface area (Å²) in [5.41, 5.74) is 0.876. The minimum atomic E-state index is -0.250. The van der Waals surface area contributed by atoms with Crippen molar-refractivity contribution in [1.29, 1.82) is 0 Å². The summed E-state index contributed by atoms with van der Waals surface area (Å²) < 4.78 is 16.7. The molecule has 0 bridgehead atoms. The van der Waals surface area contributed by atoms with Gasteiger partial charge in [-0.15, -0.1) is 0 Å². The normalized spacial score (nSPS) is 12.6. The Morgan fingerprint density at radius 3 is 2.69 bits per heavy atom. The maximum absolute atomic E-state index is 12.5. The summed E-state index contributed by atoms with van der Waals surface area (Å²) >= 11 is 0. The molecule has 1 N–H and O–H groups in total. The second-order valence-electron chi connectivity index (χ2n) is 7.02. The molecule has 1 aliphatic rings. The Hall–Kier alpha value is -3.03. The molecule has 0 unspecified atom stereocenters. The van der Waals surface area contributed by atoms with Crippen LogP contribution in [0.1, 0.15) is 37.6 Å². The van der Waals surface area contributed by atoms with Crippen LogP contribution in [0.5, 0.6) is 11.5 Å². The average Bonchev–Trinajstić information content (AvgIpc) is 3.13. The van der Waals surface area contributed by atoms with Crippen LogP contribution in [0.4, 0.5) is 0 Å². The number of para-hydroxylation sites is 2. The molecule has 0 saturated carbocycles. The summed E-state index contributed by atoms with van der Waals surface area (Å²) in [6.45, 7) is 5.21. The number of fused-ring (bicyclic) bond motifs is 1. The molecular formula is C21H28N2O6. The van der Waals surface area contributed by atoms with Crippen molar-refractivity contribution in [2.75, 3.05) is 20.3 Å². The van der Waals surface area contributed by atoms with Gasteiger partial charge in [-0.05, 0) is 24.5 Å². The maximum atomic E-state index is 12.5. The number of rotatable bonds is 7. The third kappa shape index (κ3) is 6.51. The molecule has 2 aromatic rings. The third-order valence-electron chi connectivity index (χ3n) is 4.48. The molecule has 1 aromatic carbocycles. The van der Waals surface area contributed by atoms with Gasteiger partial charge < -0.3 is 23.9 Å². The Balaban J connectivity index is 0.000000941. The zero-order chi connectivity index (χ0) is 21.2. The van der Waals surface area contributed by atoms with Crippen LogP contribution in [0.15, 0.2) is 28.7 Å². The molecule has 8 heteroatoms. The molecule has 0 atom stereocenters. The molecule has 0 radical (unpaired) electrons. The van der Waals surface area contributed by atoms with Crippen molar-refractivity contribution in [3.8, 4) is 11.5 Å². The fraction of sp³-hybridized carbons (Fsp3) is 0.476. The van der Waals surface area contributed by atoms with E-state index >= 15 is 0 Å². The molecule has 0 saturated heterocycles. The van der Waals surface area contributed by atoms with E-state index in [1.165, 1.54) is 0 Å². The molecule has 8 nitrogen and oxygen atoms in total. The molecule has 2 heterocycles. The van der Waals surface area contributed by atoms with Gasteiger partial charge in [0, 0.05) is 19.4 Å². The third-order valence-corrected chi connectivity index (χ3v) is 4.48. The molecular weight excluding hydrogens is 376 g/mol. The van der Waals surface area contributed by atoms with Crippen LogP contribution >= 0.6 is 0 Å². The Kier molecular flexibility index (Phi) is 8.51. The number of nitrogens with zero attached hydrogens (tertiary/aromatic N) is 2. The van der Waals surface area contributed by atoms with Crippen LogP contribution in [0.2, 0.25) is 0 Å². The second kappa shape index (κ2) is 11.1. The fourth-order valence-corrected chi connectivity index (χ4v) is 2.95. The number of methoxy groups -OCH3 is 1. The highest BCUT2D eigenvalue weighted by molar-refractivity contribution is 5.78.